The van der Waals surface area contributed by atoms with Crippen molar-refractivity contribution in [1.82, 2.24) is 4.90 Å². The Labute approximate surface area is 73.3 Å². The van der Waals surface area contributed by atoms with E-state index in [0.29, 0.717) is 12.3 Å². The fourth-order valence-corrected chi connectivity index (χ4v) is 1.47. The van der Waals surface area contributed by atoms with E-state index >= 15 is 0 Å². The van der Waals surface area contributed by atoms with Gasteiger partial charge < -0.3 is 9.84 Å². The summed E-state index contributed by atoms with van der Waals surface area (Å²) in [5.41, 5.74) is 5.38. The molecule has 0 aromatic carbocycles. The lowest BCUT2D eigenvalue weighted by Crippen LogP contribution is -2.38. The smallest absolute Gasteiger partial charge is 0.212 e. The molecule has 0 spiro atoms. The molecule has 1 fully saturated rings. The van der Waals surface area contributed by atoms with Crippen LogP contribution in [0.3, 0.4) is 0 Å². The number of hydrogen-bond donors (Lipinski definition) is 2. The van der Waals surface area contributed by atoms with Crippen molar-refractivity contribution in [3.05, 3.63) is 0 Å². The summed E-state index contributed by atoms with van der Waals surface area (Å²) in [7, 11) is 2.00. The molecule has 0 aromatic rings. The van der Waals surface area contributed by atoms with Crippen molar-refractivity contribution < 1.29 is 9.84 Å². The second-order valence-corrected chi connectivity index (χ2v) is 3.46. The molecule has 0 amide bonds. The molecule has 1 unspecified atom stereocenters. The highest BCUT2D eigenvalue weighted by Crippen LogP contribution is 2.43. The Morgan fingerprint density at radius 1 is 1.67 bits per heavy atom. The normalized spacial score (nSPS) is 22.8. The molecule has 1 saturated carbocycles. The highest BCUT2D eigenvalue weighted by Gasteiger charge is 2.44. The van der Waals surface area contributed by atoms with Gasteiger partial charge in [-0.05, 0) is 26.3 Å². The zero-order valence-electron chi connectivity index (χ0n) is 7.79. The maximum absolute atomic E-state index is 8.69. The van der Waals surface area contributed by atoms with Crippen LogP contribution in [0.5, 0.6) is 0 Å². The molecule has 0 saturated heterocycles. The molecule has 0 aromatic heterocycles. The van der Waals surface area contributed by atoms with E-state index < -0.39 is 6.41 Å². The Morgan fingerprint density at radius 2 is 2.25 bits per heavy atom. The molecule has 72 valence electrons. The summed E-state index contributed by atoms with van der Waals surface area (Å²) in [6.07, 6.45) is 2.43. The highest BCUT2D eigenvalue weighted by atomic mass is 16.6. The summed E-state index contributed by atoms with van der Waals surface area (Å²) in [5, 5.41) is 8.69. The Bertz CT molecular complexity index is 146. The van der Waals surface area contributed by atoms with Gasteiger partial charge in [-0.25, -0.2) is 0 Å². The first-order valence-electron chi connectivity index (χ1n) is 4.37. The monoisotopic (exact) mass is 174 g/mol. The Kier molecular flexibility index (Phi) is 3.06. The minimum atomic E-state index is -1.15. The van der Waals surface area contributed by atoms with Crippen molar-refractivity contribution in [3.63, 3.8) is 0 Å². The van der Waals surface area contributed by atoms with Crippen molar-refractivity contribution in [3.8, 4) is 0 Å². The van der Waals surface area contributed by atoms with Crippen molar-refractivity contribution >= 4 is 0 Å². The predicted octanol–water partition coefficient (Wildman–Crippen LogP) is 0.0695. The van der Waals surface area contributed by atoms with E-state index in [0.717, 1.165) is 6.42 Å². The zero-order chi connectivity index (χ0) is 9.19. The molecule has 4 nitrogen and oxygen atoms in total. The van der Waals surface area contributed by atoms with Crippen LogP contribution in [0, 0.1) is 0 Å². The molecule has 1 rings (SSSR count). The number of aliphatic hydroxyl groups excluding tert-OH is 1. The molecule has 1 aliphatic rings. The fourth-order valence-electron chi connectivity index (χ4n) is 1.47. The molecule has 0 bridgehead atoms. The summed E-state index contributed by atoms with van der Waals surface area (Å²) in [5.74, 6) is 0. The molecule has 0 heterocycles. The molecule has 3 N–H and O–H groups in total. The second-order valence-electron chi connectivity index (χ2n) is 3.46. The third-order valence-electron chi connectivity index (χ3n) is 2.73. The van der Waals surface area contributed by atoms with E-state index in [1.54, 1.807) is 0 Å². The van der Waals surface area contributed by atoms with E-state index in [2.05, 4.69) is 11.8 Å². The van der Waals surface area contributed by atoms with Gasteiger partial charge in [0.15, 0.2) is 0 Å². The van der Waals surface area contributed by atoms with Crippen LogP contribution >= 0.6 is 0 Å². The topological polar surface area (TPSA) is 58.7 Å². The first kappa shape index (κ1) is 9.92. The average molecular weight is 174 g/mol. The number of rotatable bonds is 5. The van der Waals surface area contributed by atoms with Crippen LogP contribution in [0.4, 0.5) is 0 Å². The van der Waals surface area contributed by atoms with Crippen LogP contribution in [0.1, 0.15) is 26.2 Å². The third kappa shape index (κ3) is 2.17. The number of aliphatic hydroxyl groups is 1. The number of ether oxygens (including phenoxy) is 1. The summed E-state index contributed by atoms with van der Waals surface area (Å²) >= 11 is 0. The first-order chi connectivity index (χ1) is 5.60. The Hall–Kier alpha value is -0.160. The maximum atomic E-state index is 8.69. The van der Waals surface area contributed by atoms with Crippen LogP contribution < -0.4 is 5.73 Å². The quantitative estimate of drug-likeness (QED) is 0.579. The summed E-state index contributed by atoms with van der Waals surface area (Å²) < 4.78 is 4.89. The van der Waals surface area contributed by atoms with Gasteiger partial charge in [0.25, 0.3) is 0 Å². The lowest BCUT2D eigenvalue weighted by atomic mass is 10.2. The number of nitrogens with two attached hydrogens (primary N) is 1. The first-order valence-corrected chi connectivity index (χ1v) is 4.37. The summed E-state index contributed by atoms with van der Waals surface area (Å²) in [6.45, 7) is 2.58. The molecule has 1 atom stereocenters. The van der Waals surface area contributed by atoms with Crippen LogP contribution in [0.25, 0.3) is 0 Å². The second kappa shape index (κ2) is 3.70. The predicted molar refractivity (Wildman–Crippen MR) is 46.2 cm³/mol. The third-order valence-corrected chi connectivity index (χ3v) is 2.73. The van der Waals surface area contributed by atoms with Gasteiger partial charge in [0.2, 0.25) is 6.41 Å². The fraction of sp³-hybridized carbons (Fsp3) is 1.00. The zero-order valence-corrected chi connectivity index (χ0v) is 7.79. The van der Waals surface area contributed by atoms with Crippen LogP contribution in [-0.2, 0) is 4.74 Å². The van der Waals surface area contributed by atoms with E-state index in [1.807, 2.05) is 7.05 Å². The average Bonchev–Trinajstić information content (AvgIpc) is 2.80. The largest absolute Gasteiger partial charge is 0.356 e. The van der Waals surface area contributed by atoms with Crippen LogP contribution in [-0.4, -0.2) is 35.7 Å². The standard InChI is InChI=1S/C8H18N2O2/c1-3-8(4-5-8)10(2)6-12-7(9)11/h7,11H,3-6,9H2,1-2H3. The number of hydrogen-bond acceptors (Lipinski definition) is 4. The molecule has 1 aliphatic carbocycles. The highest BCUT2D eigenvalue weighted by molar-refractivity contribution is 5.00. The lowest BCUT2D eigenvalue weighted by molar-refractivity contribution is -0.133. The van der Waals surface area contributed by atoms with Gasteiger partial charge in [-0.1, -0.05) is 6.92 Å². The van der Waals surface area contributed by atoms with Crippen LogP contribution in [0.2, 0.25) is 0 Å². The van der Waals surface area contributed by atoms with E-state index in [9.17, 15) is 0 Å². The van der Waals surface area contributed by atoms with Gasteiger partial charge in [-0.2, -0.15) is 0 Å². The van der Waals surface area contributed by atoms with E-state index in [4.69, 9.17) is 15.6 Å². The minimum Gasteiger partial charge on any atom is -0.356 e. The van der Waals surface area contributed by atoms with Crippen LogP contribution in [0.15, 0.2) is 0 Å². The summed E-state index contributed by atoms with van der Waals surface area (Å²) in [4.78, 5) is 2.11. The molecule has 4 heteroatoms. The maximum Gasteiger partial charge on any atom is 0.212 e. The molecule has 12 heavy (non-hydrogen) atoms. The van der Waals surface area contributed by atoms with Gasteiger partial charge in [-0.3, -0.25) is 10.6 Å². The molecular weight excluding hydrogens is 156 g/mol. The van der Waals surface area contributed by atoms with E-state index in [-0.39, 0.29) is 0 Å². The van der Waals surface area contributed by atoms with Gasteiger partial charge in [0.1, 0.15) is 6.73 Å². The summed E-state index contributed by atoms with van der Waals surface area (Å²) in [6, 6.07) is 0. The Morgan fingerprint density at radius 3 is 2.58 bits per heavy atom. The Balaban J connectivity index is 2.23. The van der Waals surface area contributed by atoms with Gasteiger partial charge in [0, 0.05) is 5.54 Å². The van der Waals surface area contributed by atoms with E-state index in [1.165, 1.54) is 12.8 Å². The van der Waals surface area contributed by atoms with Gasteiger partial charge in [0.05, 0.1) is 0 Å². The minimum absolute atomic E-state index is 0.328. The van der Waals surface area contributed by atoms with Crippen molar-refractivity contribution in [2.45, 2.75) is 38.1 Å². The lowest BCUT2D eigenvalue weighted by Gasteiger charge is -2.26. The van der Waals surface area contributed by atoms with Gasteiger partial charge in [-0.15, -0.1) is 0 Å². The van der Waals surface area contributed by atoms with Crippen molar-refractivity contribution in [2.75, 3.05) is 13.8 Å². The molecular formula is C8H18N2O2. The SMILES string of the molecule is CCC1(N(C)COC(N)O)CC1. The van der Waals surface area contributed by atoms with Gasteiger partial charge >= 0.3 is 0 Å². The van der Waals surface area contributed by atoms with Crippen molar-refractivity contribution in [2.24, 2.45) is 5.73 Å². The number of nitrogens with zero attached hydrogens (tertiary/aromatic N) is 1. The van der Waals surface area contributed by atoms with Crippen molar-refractivity contribution in [1.29, 1.82) is 0 Å². The molecule has 0 aliphatic heterocycles. The molecule has 0 radical (unpaired) electrons.